The molecule has 108 valence electrons. The smallest absolute Gasteiger partial charge is 0.335 e. The molecule has 0 saturated heterocycles. The van der Waals surface area contributed by atoms with Crippen molar-refractivity contribution < 1.29 is 9.90 Å². The highest BCUT2D eigenvalue weighted by Gasteiger charge is 2.21. The van der Waals surface area contributed by atoms with Crippen LogP contribution in [0.2, 0.25) is 0 Å². The molecule has 0 amide bonds. The summed E-state index contributed by atoms with van der Waals surface area (Å²) in [5.41, 5.74) is 2.08. The topological polar surface area (TPSA) is 58.4 Å². The molecule has 0 aliphatic heterocycles. The summed E-state index contributed by atoms with van der Waals surface area (Å²) in [5, 5.41) is 9.09. The van der Waals surface area contributed by atoms with E-state index >= 15 is 0 Å². The fourth-order valence-corrected chi connectivity index (χ4v) is 2.68. The van der Waals surface area contributed by atoms with Gasteiger partial charge in [0.05, 0.1) is 22.9 Å². The number of hydrogen-bond donors (Lipinski definition) is 1. The number of aromatic nitrogens is 2. The summed E-state index contributed by atoms with van der Waals surface area (Å²) in [6.45, 7) is 6.13. The van der Waals surface area contributed by atoms with Crippen LogP contribution in [0.3, 0.4) is 0 Å². The summed E-state index contributed by atoms with van der Waals surface area (Å²) in [6, 6.07) is 5.04. The van der Waals surface area contributed by atoms with E-state index in [1.807, 2.05) is 4.57 Å². The SMILES string of the molecule is CN(C)CC(C)(C)Cn1cnc2ccc(C(=O)O)cc21. The number of carboxylic acids is 1. The van der Waals surface area contributed by atoms with Crippen LogP contribution in [0.4, 0.5) is 0 Å². The van der Waals surface area contributed by atoms with Crippen molar-refractivity contribution in [3.05, 3.63) is 30.1 Å². The number of imidazole rings is 1. The Kier molecular flexibility index (Phi) is 3.81. The molecule has 20 heavy (non-hydrogen) atoms. The molecule has 1 aromatic carbocycles. The predicted octanol–water partition coefficient (Wildman–Crippen LogP) is 2.32. The summed E-state index contributed by atoms with van der Waals surface area (Å²) in [4.78, 5) is 17.6. The Labute approximate surface area is 118 Å². The van der Waals surface area contributed by atoms with E-state index in [9.17, 15) is 4.79 Å². The summed E-state index contributed by atoms with van der Waals surface area (Å²) >= 11 is 0. The van der Waals surface area contributed by atoms with Gasteiger partial charge < -0.3 is 14.6 Å². The van der Waals surface area contributed by atoms with Crippen LogP contribution in [0.1, 0.15) is 24.2 Å². The van der Waals surface area contributed by atoms with E-state index < -0.39 is 5.97 Å². The van der Waals surface area contributed by atoms with Crippen molar-refractivity contribution in [3.63, 3.8) is 0 Å². The maximum absolute atomic E-state index is 11.1. The first-order valence-electron chi connectivity index (χ1n) is 6.61. The highest BCUT2D eigenvalue weighted by atomic mass is 16.4. The molecule has 0 bridgehead atoms. The fourth-order valence-electron chi connectivity index (χ4n) is 2.68. The van der Waals surface area contributed by atoms with Crippen LogP contribution in [0.15, 0.2) is 24.5 Å². The Morgan fingerprint density at radius 3 is 2.70 bits per heavy atom. The van der Waals surface area contributed by atoms with Gasteiger partial charge in [-0.05, 0) is 37.7 Å². The second-order valence-electron chi connectivity index (χ2n) is 6.28. The molecule has 0 radical (unpaired) electrons. The highest BCUT2D eigenvalue weighted by molar-refractivity contribution is 5.92. The molecule has 2 rings (SSSR count). The lowest BCUT2D eigenvalue weighted by Gasteiger charge is -2.28. The van der Waals surface area contributed by atoms with E-state index in [1.165, 1.54) is 0 Å². The molecule has 0 saturated carbocycles. The molecule has 0 aliphatic rings. The van der Waals surface area contributed by atoms with Gasteiger partial charge in [0.2, 0.25) is 0 Å². The Morgan fingerprint density at radius 1 is 1.40 bits per heavy atom. The molecule has 1 heterocycles. The Bertz CT molecular complexity index is 629. The molecule has 2 aromatic rings. The zero-order valence-corrected chi connectivity index (χ0v) is 12.4. The number of rotatable bonds is 5. The van der Waals surface area contributed by atoms with Gasteiger partial charge >= 0.3 is 5.97 Å². The molecule has 0 fully saturated rings. The van der Waals surface area contributed by atoms with Crippen molar-refractivity contribution in [3.8, 4) is 0 Å². The van der Waals surface area contributed by atoms with Crippen LogP contribution in [-0.4, -0.2) is 46.2 Å². The second-order valence-corrected chi connectivity index (χ2v) is 6.28. The second kappa shape index (κ2) is 5.25. The van der Waals surface area contributed by atoms with Gasteiger partial charge in [-0.1, -0.05) is 13.8 Å². The van der Waals surface area contributed by atoms with Crippen molar-refractivity contribution in [2.45, 2.75) is 20.4 Å². The largest absolute Gasteiger partial charge is 0.478 e. The van der Waals surface area contributed by atoms with Gasteiger partial charge in [0.1, 0.15) is 0 Å². The lowest BCUT2D eigenvalue weighted by Crippen LogP contribution is -2.32. The summed E-state index contributed by atoms with van der Waals surface area (Å²) in [6.07, 6.45) is 1.79. The minimum absolute atomic E-state index is 0.0797. The maximum Gasteiger partial charge on any atom is 0.335 e. The quantitative estimate of drug-likeness (QED) is 0.909. The van der Waals surface area contributed by atoms with Crippen LogP contribution in [0.25, 0.3) is 11.0 Å². The highest BCUT2D eigenvalue weighted by Crippen LogP contribution is 2.23. The number of fused-ring (bicyclic) bond motifs is 1. The summed E-state index contributed by atoms with van der Waals surface area (Å²) in [7, 11) is 4.10. The molecule has 5 nitrogen and oxygen atoms in total. The first-order chi connectivity index (χ1) is 9.28. The van der Waals surface area contributed by atoms with E-state index in [4.69, 9.17) is 5.11 Å². The third-order valence-electron chi connectivity index (χ3n) is 3.21. The molecule has 0 spiro atoms. The van der Waals surface area contributed by atoms with E-state index in [-0.39, 0.29) is 5.41 Å². The number of benzene rings is 1. The molecule has 0 atom stereocenters. The summed E-state index contributed by atoms with van der Waals surface area (Å²) < 4.78 is 2.03. The zero-order chi connectivity index (χ0) is 14.9. The molecule has 1 aromatic heterocycles. The standard InChI is InChI=1S/C15H21N3O2/c1-15(2,8-17(3)4)9-18-10-16-12-6-5-11(14(19)20)7-13(12)18/h5-7,10H,8-9H2,1-4H3,(H,19,20). The molecule has 1 N–H and O–H groups in total. The molecule has 5 heteroatoms. The Hall–Kier alpha value is -1.88. The van der Waals surface area contributed by atoms with Crippen LogP contribution in [0, 0.1) is 5.41 Å². The lowest BCUT2D eigenvalue weighted by molar-refractivity contribution is 0.0697. The lowest BCUT2D eigenvalue weighted by atomic mass is 9.93. The number of carboxylic acid groups (broad SMARTS) is 1. The van der Waals surface area contributed by atoms with E-state index in [0.717, 1.165) is 24.1 Å². The van der Waals surface area contributed by atoms with Crippen LogP contribution < -0.4 is 0 Å². The van der Waals surface area contributed by atoms with E-state index in [0.29, 0.717) is 5.56 Å². The van der Waals surface area contributed by atoms with E-state index in [1.54, 1.807) is 24.5 Å². The van der Waals surface area contributed by atoms with E-state index in [2.05, 4.69) is 37.8 Å². The normalized spacial score (nSPS) is 12.2. The van der Waals surface area contributed by atoms with Gasteiger partial charge in [-0.25, -0.2) is 9.78 Å². The molecule has 0 aliphatic carbocycles. The van der Waals surface area contributed by atoms with Crippen molar-refractivity contribution in [2.24, 2.45) is 5.41 Å². The van der Waals surface area contributed by atoms with Crippen molar-refractivity contribution in [2.75, 3.05) is 20.6 Å². The van der Waals surface area contributed by atoms with Crippen LogP contribution >= 0.6 is 0 Å². The minimum atomic E-state index is -0.910. The molecular formula is C15H21N3O2. The fraction of sp³-hybridized carbons (Fsp3) is 0.467. The molecule has 0 unspecified atom stereocenters. The van der Waals surface area contributed by atoms with Gasteiger partial charge in [0, 0.05) is 13.1 Å². The van der Waals surface area contributed by atoms with Crippen molar-refractivity contribution >= 4 is 17.0 Å². The molecular weight excluding hydrogens is 254 g/mol. The number of aromatic carboxylic acids is 1. The first kappa shape index (κ1) is 14.5. The van der Waals surface area contributed by atoms with Gasteiger partial charge in [0.15, 0.2) is 0 Å². The van der Waals surface area contributed by atoms with Crippen LogP contribution in [0.5, 0.6) is 0 Å². The first-order valence-corrected chi connectivity index (χ1v) is 6.61. The number of carbonyl (C=O) groups is 1. The van der Waals surface area contributed by atoms with Crippen molar-refractivity contribution in [1.82, 2.24) is 14.5 Å². The maximum atomic E-state index is 11.1. The Balaban J connectivity index is 2.35. The third kappa shape index (κ3) is 3.17. The number of hydrogen-bond acceptors (Lipinski definition) is 3. The predicted molar refractivity (Wildman–Crippen MR) is 79.0 cm³/mol. The minimum Gasteiger partial charge on any atom is -0.478 e. The summed E-state index contributed by atoms with van der Waals surface area (Å²) in [5.74, 6) is -0.910. The Morgan fingerprint density at radius 2 is 2.10 bits per heavy atom. The van der Waals surface area contributed by atoms with Gasteiger partial charge in [-0.3, -0.25) is 0 Å². The third-order valence-corrected chi connectivity index (χ3v) is 3.21. The van der Waals surface area contributed by atoms with Gasteiger partial charge in [-0.2, -0.15) is 0 Å². The van der Waals surface area contributed by atoms with Crippen molar-refractivity contribution in [1.29, 1.82) is 0 Å². The average Bonchev–Trinajstić information content (AvgIpc) is 2.69. The van der Waals surface area contributed by atoms with Gasteiger partial charge in [-0.15, -0.1) is 0 Å². The average molecular weight is 275 g/mol. The monoisotopic (exact) mass is 275 g/mol. The van der Waals surface area contributed by atoms with Crippen LogP contribution in [-0.2, 0) is 6.54 Å². The number of nitrogens with zero attached hydrogens (tertiary/aromatic N) is 3. The zero-order valence-electron chi connectivity index (χ0n) is 12.4. The van der Waals surface area contributed by atoms with Gasteiger partial charge in [0.25, 0.3) is 0 Å².